The third kappa shape index (κ3) is 5.24. The highest BCUT2D eigenvalue weighted by Crippen LogP contribution is 2.21. The number of nitrogens with one attached hydrogen (secondary N) is 1. The van der Waals surface area contributed by atoms with Crippen LogP contribution in [0.1, 0.15) is 5.56 Å². The van der Waals surface area contributed by atoms with Gasteiger partial charge < -0.3 is 14.8 Å². The Balaban J connectivity index is 1.30. The molecule has 1 aromatic heterocycles. The first kappa shape index (κ1) is 22.2. The molecule has 32 heavy (non-hydrogen) atoms. The maximum Gasteiger partial charge on any atom is 0.243 e. The maximum absolute atomic E-state index is 12.7. The van der Waals surface area contributed by atoms with Gasteiger partial charge in [0, 0.05) is 25.2 Å². The minimum Gasteiger partial charge on any atom is -0.497 e. The first-order chi connectivity index (χ1) is 15.6. The fourth-order valence-electron chi connectivity index (χ4n) is 3.44. The van der Waals surface area contributed by atoms with Gasteiger partial charge in [-0.3, -0.25) is 0 Å². The topological polar surface area (TPSA) is 93.7 Å². The lowest BCUT2D eigenvalue weighted by molar-refractivity contribution is 0.0730. The van der Waals surface area contributed by atoms with Crippen LogP contribution in [0, 0.1) is 0 Å². The van der Waals surface area contributed by atoms with E-state index in [2.05, 4.69) is 15.5 Å². The first-order valence-corrected chi connectivity index (χ1v) is 11.9. The van der Waals surface area contributed by atoms with E-state index < -0.39 is 10.0 Å². The van der Waals surface area contributed by atoms with Crippen molar-refractivity contribution < 1.29 is 17.9 Å². The normalized spacial score (nSPS) is 14.8. The molecule has 9 heteroatoms. The standard InChI is InChI=1S/C23H26N4O4S/c1-30-20-6-4-19(5-7-20)22-10-11-23(26-25-22)24-13-12-18-2-8-21(9-3-18)32(28,29)27-14-16-31-17-15-27/h2-11H,12-17H2,1H3,(H,24,26). The number of hydrogen-bond donors (Lipinski definition) is 1. The number of aromatic nitrogens is 2. The van der Waals surface area contributed by atoms with Gasteiger partial charge in [-0.2, -0.15) is 4.31 Å². The van der Waals surface area contributed by atoms with Crippen LogP contribution in [0.25, 0.3) is 11.3 Å². The van der Waals surface area contributed by atoms with Crippen molar-refractivity contribution in [1.29, 1.82) is 0 Å². The van der Waals surface area contributed by atoms with Crippen LogP contribution in [0.15, 0.2) is 65.6 Å². The largest absolute Gasteiger partial charge is 0.497 e. The Hall–Kier alpha value is -3.01. The maximum atomic E-state index is 12.7. The van der Waals surface area contributed by atoms with Crippen LogP contribution in [0.2, 0.25) is 0 Å². The molecule has 0 spiro atoms. The van der Waals surface area contributed by atoms with Gasteiger partial charge in [-0.1, -0.05) is 12.1 Å². The molecular formula is C23H26N4O4S. The number of anilines is 1. The Morgan fingerprint density at radius 2 is 1.69 bits per heavy atom. The molecule has 3 aromatic rings. The van der Waals surface area contributed by atoms with Crippen molar-refractivity contribution in [2.75, 3.05) is 45.3 Å². The Morgan fingerprint density at radius 1 is 0.969 bits per heavy atom. The van der Waals surface area contributed by atoms with Crippen LogP contribution in [-0.4, -0.2) is 62.9 Å². The Labute approximate surface area is 188 Å². The monoisotopic (exact) mass is 454 g/mol. The summed E-state index contributed by atoms with van der Waals surface area (Å²) < 4.78 is 37.3. The van der Waals surface area contributed by atoms with Crippen molar-refractivity contribution in [2.24, 2.45) is 0 Å². The molecule has 0 atom stereocenters. The van der Waals surface area contributed by atoms with E-state index in [1.54, 1.807) is 19.2 Å². The quantitative estimate of drug-likeness (QED) is 0.559. The summed E-state index contributed by atoms with van der Waals surface area (Å²) in [6.45, 7) is 2.32. The fourth-order valence-corrected chi connectivity index (χ4v) is 4.85. The highest BCUT2D eigenvalue weighted by atomic mass is 32.2. The van der Waals surface area contributed by atoms with E-state index in [4.69, 9.17) is 9.47 Å². The van der Waals surface area contributed by atoms with Crippen LogP contribution in [0.3, 0.4) is 0 Å². The third-order valence-corrected chi connectivity index (χ3v) is 7.21. The summed E-state index contributed by atoms with van der Waals surface area (Å²) >= 11 is 0. The number of morpholine rings is 1. The number of methoxy groups -OCH3 is 1. The molecule has 0 unspecified atom stereocenters. The SMILES string of the molecule is COc1ccc(-c2ccc(NCCc3ccc(S(=O)(=O)N4CCOCC4)cc3)nn2)cc1. The molecule has 1 fully saturated rings. The average molecular weight is 455 g/mol. The molecule has 0 amide bonds. The molecule has 0 saturated carbocycles. The van der Waals surface area contributed by atoms with Crippen molar-refractivity contribution >= 4 is 15.8 Å². The Bertz CT molecular complexity index is 1110. The molecule has 2 aromatic carbocycles. The van der Waals surface area contributed by atoms with Crippen molar-refractivity contribution in [3.63, 3.8) is 0 Å². The summed E-state index contributed by atoms with van der Waals surface area (Å²) in [7, 11) is -1.82. The fraction of sp³-hybridized carbons (Fsp3) is 0.304. The molecule has 0 bridgehead atoms. The summed E-state index contributed by atoms with van der Waals surface area (Å²) in [6, 6.07) is 18.5. The van der Waals surface area contributed by atoms with Crippen LogP contribution in [-0.2, 0) is 21.2 Å². The van der Waals surface area contributed by atoms with Gasteiger partial charge in [0.05, 0.1) is 30.9 Å². The molecule has 1 aliphatic heterocycles. The summed E-state index contributed by atoms with van der Waals surface area (Å²) in [4.78, 5) is 0.316. The van der Waals surface area contributed by atoms with Crippen LogP contribution in [0.5, 0.6) is 5.75 Å². The lowest BCUT2D eigenvalue weighted by Crippen LogP contribution is -2.40. The molecular weight excluding hydrogens is 428 g/mol. The minimum atomic E-state index is -3.46. The van der Waals surface area contributed by atoms with Crippen molar-refractivity contribution in [1.82, 2.24) is 14.5 Å². The van der Waals surface area contributed by atoms with Gasteiger partial charge in [-0.15, -0.1) is 10.2 Å². The van der Waals surface area contributed by atoms with Crippen LogP contribution < -0.4 is 10.1 Å². The van der Waals surface area contributed by atoms with E-state index in [9.17, 15) is 8.42 Å². The zero-order chi connectivity index (χ0) is 22.4. The molecule has 0 aliphatic carbocycles. The highest BCUT2D eigenvalue weighted by Gasteiger charge is 2.25. The minimum absolute atomic E-state index is 0.316. The van der Waals surface area contributed by atoms with E-state index >= 15 is 0 Å². The predicted molar refractivity (Wildman–Crippen MR) is 122 cm³/mol. The van der Waals surface area contributed by atoms with E-state index in [1.165, 1.54) is 4.31 Å². The Kier molecular flexibility index (Phi) is 6.99. The molecule has 8 nitrogen and oxygen atoms in total. The van der Waals surface area contributed by atoms with Crippen LogP contribution >= 0.6 is 0 Å². The molecule has 1 aliphatic rings. The number of benzene rings is 2. The Morgan fingerprint density at radius 3 is 2.31 bits per heavy atom. The summed E-state index contributed by atoms with van der Waals surface area (Å²) in [5.74, 6) is 1.49. The van der Waals surface area contributed by atoms with Gasteiger partial charge in [0.1, 0.15) is 11.6 Å². The third-order valence-electron chi connectivity index (χ3n) is 5.30. The molecule has 1 saturated heterocycles. The number of hydrogen-bond acceptors (Lipinski definition) is 7. The second-order valence-electron chi connectivity index (χ2n) is 7.37. The van der Waals surface area contributed by atoms with Crippen molar-refractivity contribution in [3.8, 4) is 17.0 Å². The average Bonchev–Trinajstić information content (AvgIpc) is 2.85. The van der Waals surface area contributed by atoms with Gasteiger partial charge in [0.2, 0.25) is 10.0 Å². The first-order valence-electron chi connectivity index (χ1n) is 10.4. The van der Waals surface area contributed by atoms with Gasteiger partial charge >= 0.3 is 0 Å². The number of nitrogens with zero attached hydrogens (tertiary/aromatic N) is 3. The van der Waals surface area contributed by atoms with Crippen molar-refractivity contribution in [2.45, 2.75) is 11.3 Å². The summed E-state index contributed by atoms with van der Waals surface area (Å²) in [5.41, 5.74) is 2.80. The van der Waals surface area contributed by atoms with Crippen molar-refractivity contribution in [3.05, 3.63) is 66.2 Å². The zero-order valence-electron chi connectivity index (χ0n) is 17.9. The van der Waals surface area contributed by atoms with Gasteiger partial charge in [-0.25, -0.2) is 8.42 Å². The zero-order valence-corrected chi connectivity index (χ0v) is 18.7. The molecule has 168 valence electrons. The van der Waals surface area contributed by atoms with Gasteiger partial charge in [0.25, 0.3) is 0 Å². The van der Waals surface area contributed by atoms with E-state index in [0.717, 1.165) is 29.0 Å². The number of sulfonamides is 1. The molecule has 1 N–H and O–H groups in total. The summed E-state index contributed by atoms with van der Waals surface area (Å²) in [6.07, 6.45) is 0.736. The van der Waals surface area contributed by atoms with E-state index in [0.29, 0.717) is 43.6 Å². The molecule has 2 heterocycles. The molecule has 4 rings (SSSR count). The smallest absolute Gasteiger partial charge is 0.243 e. The number of ether oxygens (including phenoxy) is 2. The second kappa shape index (κ2) is 10.1. The molecule has 0 radical (unpaired) electrons. The van der Waals surface area contributed by atoms with Gasteiger partial charge in [0.15, 0.2) is 0 Å². The second-order valence-corrected chi connectivity index (χ2v) is 9.31. The van der Waals surface area contributed by atoms with Crippen LogP contribution in [0.4, 0.5) is 5.82 Å². The lowest BCUT2D eigenvalue weighted by Gasteiger charge is -2.26. The van der Waals surface area contributed by atoms with E-state index in [1.807, 2.05) is 48.5 Å². The van der Waals surface area contributed by atoms with Gasteiger partial charge in [-0.05, 0) is 60.5 Å². The highest BCUT2D eigenvalue weighted by molar-refractivity contribution is 7.89. The number of rotatable bonds is 8. The van der Waals surface area contributed by atoms with E-state index in [-0.39, 0.29) is 0 Å². The summed E-state index contributed by atoms with van der Waals surface area (Å²) in [5, 5.41) is 11.8. The lowest BCUT2D eigenvalue weighted by atomic mass is 10.1. The predicted octanol–water partition coefficient (Wildman–Crippen LogP) is 2.83.